The SMILES string of the molecule is CCn1ncc(Cl)c1CN(C)C(=O)c1ccc(OC)cc1. The Hall–Kier alpha value is -2.01. The van der Waals surface area contributed by atoms with Crippen molar-refractivity contribution in [3.63, 3.8) is 0 Å². The molecule has 0 radical (unpaired) electrons. The van der Waals surface area contributed by atoms with E-state index in [1.807, 2.05) is 6.92 Å². The maximum Gasteiger partial charge on any atom is 0.253 e. The van der Waals surface area contributed by atoms with E-state index in [9.17, 15) is 4.79 Å². The third-order valence-corrected chi connectivity index (χ3v) is 3.58. The molecule has 1 aromatic heterocycles. The van der Waals surface area contributed by atoms with Gasteiger partial charge in [0.2, 0.25) is 0 Å². The van der Waals surface area contributed by atoms with Gasteiger partial charge in [0.25, 0.3) is 5.91 Å². The number of aryl methyl sites for hydroxylation is 1. The Bertz CT molecular complexity index is 622. The number of hydrogen-bond donors (Lipinski definition) is 0. The predicted molar refractivity (Wildman–Crippen MR) is 81.7 cm³/mol. The zero-order valence-corrected chi connectivity index (χ0v) is 13.1. The summed E-state index contributed by atoms with van der Waals surface area (Å²) in [6.45, 7) is 3.11. The molecule has 0 saturated heterocycles. The van der Waals surface area contributed by atoms with Crippen LogP contribution in [-0.2, 0) is 13.1 Å². The molecule has 0 unspecified atom stereocenters. The maximum absolute atomic E-state index is 12.4. The number of hydrogen-bond acceptors (Lipinski definition) is 3. The summed E-state index contributed by atoms with van der Waals surface area (Å²) in [5, 5.41) is 4.75. The van der Waals surface area contributed by atoms with Crippen LogP contribution < -0.4 is 4.74 Å². The molecule has 112 valence electrons. The van der Waals surface area contributed by atoms with Crippen LogP contribution in [-0.4, -0.2) is 34.7 Å². The van der Waals surface area contributed by atoms with Gasteiger partial charge >= 0.3 is 0 Å². The summed E-state index contributed by atoms with van der Waals surface area (Å²) in [6, 6.07) is 7.03. The van der Waals surface area contributed by atoms with Gasteiger partial charge in [-0.3, -0.25) is 9.48 Å². The monoisotopic (exact) mass is 307 g/mol. The summed E-state index contributed by atoms with van der Waals surface area (Å²) in [5.41, 5.74) is 1.44. The van der Waals surface area contributed by atoms with Crippen molar-refractivity contribution >= 4 is 17.5 Å². The summed E-state index contributed by atoms with van der Waals surface area (Å²) in [4.78, 5) is 14.0. The van der Waals surface area contributed by atoms with Crippen molar-refractivity contribution < 1.29 is 9.53 Å². The average Bonchev–Trinajstić information content (AvgIpc) is 2.87. The minimum atomic E-state index is -0.0717. The van der Waals surface area contributed by atoms with Crippen LogP contribution in [0.1, 0.15) is 23.0 Å². The molecule has 0 aliphatic carbocycles. The molecule has 0 fully saturated rings. The summed E-state index contributed by atoms with van der Waals surface area (Å²) >= 11 is 6.12. The highest BCUT2D eigenvalue weighted by molar-refractivity contribution is 6.31. The van der Waals surface area contributed by atoms with E-state index >= 15 is 0 Å². The average molecular weight is 308 g/mol. The number of rotatable bonds is 5. The molecular formula is C15H18ClN3O2. The van der Waals surface area contributed by atoms with Crippen LogP contribution >= 0.6 is 11.6 Å². The molecule has 1 amide bonds. The zero-order chi connectivity index (χ0) is 15.4. The Morgan fingerprint density at radius 3 is 2.62 bits per heavy atom. The fourth-order valence-electron chi connectivity index (χ4n) is 2.07. The quantitative estimate of drug-likeness (QED) is 0.853. The molecule has 0 N–H and O–H groups in total. The van der Waals surface area contributed by atoms with E-state index < -0.39 is 0 Å². The van der Waals surface area contributed by atoms with Crippen molar-refractivity contribution in [2.24, 2.45) is 0 Å². The van der Waals surface area contributed by atoms with Gasteiger partial charge in [0.05, 0.1) is 30.6 Å². The first-order valence-corrected chi connectivity index (χ1v) is 7.04. The van der Waals surface area contributed by atoms with Gasteiger partial charge < -0.3 is 9.64 Å². The van der Waals surface area contributed by atoms with Gasteiger partial charge in [-0.15, -0.1) is 0 Å². The smallest absolute Gasteiger partial charge is 0.253 e. The molecule has 0 atom stereocenters. The molecule has 0 aliphatic heterocycles. The predicted octanol–water partition coefficient (Wildman–Crippen LogP) is 2.84. The van der Waals surface area contributed by atoms with E-state index in [0.717, 1.165) is 11.4 Å². The Kier molecular flexibility index (Phi) is 4.85. The van der Waals surface area contributed by atoms with Gasteiger partial charge in [-0.25, -0.2) is 0 Å². The normalized spacial score (nSPS) is 10.5. The van der Waals surface area contributed by atoms with E-state index in [1.165, 1.54) is 0 Å². The highest BCUT2D eigenvalue weighted by atomic mass is 35.5. The number of nitrogens with zero attached hydrogens (tertiary/aromatic N) is 3. The maximum atomic E-state index is 12.4. The van der Waals surface area contributed by atoms with Crippen molar-refractivity contribution in [1.82, 2.24) is 14.7 Å². The lowest BCUT2D eigenvalue weighted by molar-refractivity contribution is 0.0781. The van der Waals surface area contributed by atoms with Gasteiger partial charge in [-0.2, -0.15) is 5.10 Å². The molecule has 2 aromatic rings. The van der Waals surface area contributed by atoms with Crippen molar-refractivity contribution in [2.75, 3.05) is 14.2 Å². The molecule has 0 bridgehead atoms. The number of carbonyl (C=O) groups excluding carboxylic acids is 1. The van der Waals surface area contributed by atoms with E-state index in [1.54, 1.807) is 54.2 Å². The molecule has 0 saturated carbocycles. The van der Waals surface area contributed by atoms with Gasteiger partial charge in [0.15, 0.2) is 0 Å². The highest BCUT2D eigenvalue weighted by Gasteiger charge is 2.16. The Morgan fingerprint density at radius 1 is 1.38 bits per heavy atom. The van der Waals surface area contributed by atoms with Crippen LogP contribution in [0.5, 0.6) is 5.75 Å². The molecule has 5 nitrogen and oxygen atoms in total. The minimum absolute atomic E-state index is 0.0717. The van der Waals surface area contributed by atoms with E-state index in [-0.39, 0.29) is 5.91 Å². The fourth-order valence-corrected chi connectivity index (χ4v) is 2.27. The molecule has 6 heteroatoms. The Labute approximate surface area is 129 Å². The molecule has 0 aliphatic rings. The van der Waals surface area contributed by atoms with Crippen LogP contribution in [0.25, 0.3) is 0 Å². The summed E-state index contributed by atoms with van der Waals surface area (Å²) in [7, 11) is 3.34. The zero-order valence-electron chi connectivity index (χ0n) is 12.3. The number of ether oxygens (including phenoxy) is 1. The van der Waals surface area contributed by atoms with Crippen LogP contribution in [0.2, 0.25) is 5.02 Å². The number of halogens is 1. The molecule has 2 rings (SSSR count). The first-order chi connectivity index (χ1) is 10.1. The molecule has 0 spiro atoms. The molecule has 1 heterocycles. The van der Waals surface area contributed by atoms with Crippen molar-refractivity contribution in [3.8, 4) is 5.75 Å². The Balaban J connectivity index is 2.13. The highest BCUT2D eigenvalue weighted by Crippen LogP contribution is 2.18. The van der Waals surface area contributed by atoms with E-state index in [0.29, 0.717) is 23.7 Å². The van der Waals surface area contributed by atoms with Gasteiger partial charge in [0.1, 0.15) is 5.75 Å². The molecular weight excluding hydrogens is 290 g/mol. The molecule has 1 aromatic carbocycles. The van der Waals surface area contributed by atoms with E-state index in [2.05, 4.69) is 5.10 Å². The van der Waals surface area contributed by atoms with Gasteiger partial charge in [0, 0.05) is 19.2 Å². The van der Waals surface area contributed by atoms with Crippen molar-refractivity contribution in [3.05, 3.63) is 46.7 Å². The van der Waals surface area contributed by atoms with Crippen LogP contribution in [0.3, 0.4) is 0 Å². The van der Waals surface area contributed by atoms with Crippen molar-refractivity contribution in [2.45, 2.75) is 20.0 Å². The largest absolute Gasteiger partial charge is 0.497 e. The van der Waals surface area contributed by atoms with Gasteiger partial charge in [-0.1, -0.05) is 11.6 Å². The molecule has 21 heavy (non-hydrogen) atoms. The van der Waals surface area contributed by atoms with Crippen LogP contribution in [0.4, 0.5) is 0 Å². The van der Waals surface area contributed by atoms with E-state index in [4.69, 9.17) is 16.3 Å². The number of carbonyl (C=O) groups is 1. The summed E-state index contributed by atoms with van der Waals surface area (Å²) in [6.07, 6.45) is 1.60. The number of amides is 1. The summed E-state index contributed by atoms with van der Waals surface area (Å²) < 4.78 is 6.88. The second-order valence-electron chi connectivity index (χ2n) is 4.64. The lowest BCUT2D eigenvalue weighted by atomic mass is 10.2. The Morgan fingerprint density at radius 2 is 2.05 bits per heavy atom. The minimum Gasteiger partial charge on any atom is -0.497 e. The third-order valence-electron chi connectivity index (χ3n) is 3.27. The lowest BCUT2D eigenvalue weighted by Gasteiger charge is -2.18. The number of methoxy groups -OCH3 is 1. The number of benzene rings is 1. The van der Waals surface area contributed by atoms with Gasteiger partial charge in [-0.05, 0) is 31.2 Å². The van der Waals surface area contributed by atoms with Crippen molar-refractivity contribution in [1.29, 1.82) is 0 Å². The second-order valence-corrected chi connectivity index (χ2v) is 5.05. The second kappa shape index (κ2) is 6.63. The van der Waals surface area contributed by atoms with Crippen LogP contribution in [0.15, 0.2) is 30.5 Å². The first-order valence-electron chi connectivity index (χ1n) is 6.66. The standard InChI is InChI=1S/C15H18ClN3O2/c1-4-19-14(13(16)9-17-19)10-18(2)15(20)11-5-7-12(21-3)8-6-11/h5-9H,4,10H2,1-3H3. The summed E-state index contributed by atoms with van der Waals surface area (Å²) in [5.74, 6) is 0.652. The lowest BCUT2D eigenvalue weighted by Crippen LogP contribution is -2.27. The topological polar surface area (TPSA) is 47.4 Å². The van der Waals surface area contributed by atoms with Crippen LogP contribution in [0, 0.1) is 0 Å². The number of aromatic nitrogens is 2. The first kappa shape index (κ1) is 15.4. The fraction of sp³-hybridized carbons (Fsp3) is 0.333. The third kappa shape index (κ3) is 3.36.